The molecule has 0 radical (unpaired) electrons. The number of hydrogen-bond acceptors (Lipinski definition) is 14. The molecule has 14 atom stereocenters. The molecule has 0 amide bonds. The van der Waals surface area contributed by atoms with Crippen molar-refractivity contribution in [2.45, 2.75) is 136 Å². The summed E-state index contributed by atoms with van der Waals surface area (Å²) < 4.78 is 21.0. The Bertz CT molecular complexity index is 2100. The number of aliphatic hydroxyl groups excluding tert-OH is 3. The fraction of sp³-hybridized carbons (Fsp3) is 0.667. The van der Waals surface area contributed by atoms with Crippen molar-refractivity contribution in [1.29, 1.82) is 0 Å². The van der Waals surface area contributed by atoms with Crippen molar-refractivity contribution in [3.63, 3.8) is 0 Å². The third kappa shape index (κ3) is 13.4. The minimum Gasteiger partial charge on any atom is -0.462 e. The van der Waals surface area contributed by atoms with Crippen molar-refractivity contribution in [2.75, 3.05) is 47.3 Å². The molecule has 2 unspecified atom stereocenters. The quantitative estimate of drug-likeness (QED) is 0.196. The van der Waals surface area contributed by atoms with Crippen molar-refractivity contribution in [2.24, 2.45) is 35.5 Å². The molecule has 0 aliphatic carbocycles. The molecule has 2 saturated heterocycles. The highest BCUT2D eigenvalue weighted by Crippen LogP contribution is 2.35. The number of benzene rings is 1. The van der Waals surface area contributed by atoms with Crippen molar-refractivity contribution in [3.05, 3.63) is 72.2 Å². The number of rotatable bonds is 12. The molecule has 5 heterocycles. The average molecular weight is 916 g/mol. The van der Waals surface area contributed by atoms with E-state index in [0.717, 1.165) is 40.9 Å². The number of likely N-dealkylation sites (tertiary alicyclic amines) is 1. The van der Waals surface area contributed by atoms with Gasteiger partial charge < -0.3 is 44.2 Å². The molecule has 3 N–H and O–H groups in total. The van der Waals surface area contributed by atoms with Crippen LogP contribution in [0.15, 0.2) is 66.5 Å². The van der Waals surface area contributed by atoms with Gasteiger partial charge in [-0.15, -0.1) is 5.10 Å². The minimum absolute atomic E-state index is 0.0352. The number of nitrogens with zero attached hydrogens (tertiary/aromatic N) is 7. The number of hydrogen-bond donors (Lipinski definition) is 3. The summed E-state index contributed by atoms with van der Waals surface area (Å²) in [5.74, 6) is -0.993. The van der Waals surface area contributed by atoms with E-state index in [0.29, 0.717) is 50.7 Å². The number of ketones is 1. The van der Waals surface area contributed by atoms with Crippen LogP contribution in [-0.4, -0.2) is 158 Å². The summed E-state index contributed by atoms with van der Waals surface area (Å²) in [6, 6.07) is 9.24. The third-order valence-corrected chi connectivity index (χ3v) is 14.1. The number of aliphatic hydroxyl groups is 3. The van der Waals surface area contributed by atoms with E-state index in [1.807, 2.05) is 77.3 Å². The standard InChI is InChI=1S/C51H77N7O8/c1-11-45-39(28-57-26-32(3)20-33(4)27-57)21-31(2)16-17-43(59)34(5)22-38(18-19-56(10)29-40-30-58(54-53-40)41-23-37-14-12-13-15-42(37)52-25-41)50(35(6)44(60)24-46(61)65-45)66-51-49(63)47(55(8)9)48(62)36(7)64-51/h12-17,21,23,25,30,32-36,38-39,44-45,47-51,60,62-63H,11,18-20,22,24,26-29H2,1-10H3/b17-16+,31-21+/t32?,33?,34-,35+,36-,38+,39-,44-,45-,47+,48-,49-,50-,51+/m1/s1. The van der Waals surface area contributed by atoms with Gasteiger partial charge in [0.1, 0.15) is 12.2 Å². The maximum atomic E-state index is 14.1. The summed E-state index contributed by atoms with van der Waals surface area (Å²) in [7, 11) is 5.56. The molecule has 3 aliphatic rings. The molecule has 3 aliphatic heterocycles. The number of carbonyl (C=O) groups excluding carboxylic acids is 2. The van der Waals surface area contributed by atoms with Gasteiger partial charge in [-0.25, -0.2) is 4.68 Å². The van der Waals surface area contributed by atoms with E-state index in [9.17, 15) is 24.9 Å². The van der Waals surface area contributed by atoms with Gasteiger partial charge in [0.2, 0.25) is 0 Å². The lowest BCUT2D eigenvalue weighted by Gasteiger charge is -2.46. The maximum Gasteiger partial charge on any atom is 0.308 e. The number of cyclic esters (lactones) is 1. The van der Waals surface area contributed by atoms with Gasteiger partial charge >= 0.3 is 5.97 Å². The molecule has 2 fully saturated rings. The van der Waals surface area contributed by atoms with Crippen LogP contribution in [-0.2, 0) is 30.3 Å². The van der Waals surface area contributed by atoms with Gasteiger partial charge in [0.15, 0.2) is 12.1 Å². The number of aromatic nitrogens is 4. The van der Waals surface area contributed by atoms with Crippen molar-refractivity contribution in [1.82, 2.24) is 34.7 Å². The van der Waals surface area contributed by atoms with Gasteiger partial charge in [-0.05, 0) is 103 Å². The molecular weight excluding hydrogens is 839 g/mol. The smallest absolute Gasteiger partial charge is 0.308 e. The molecular formula is C51H77N7O8. The number of para-hydroxylation sites is 1. The van der Waals surface area contributed by atoms with Crippen LogP contribution in [0.4, 0.5) is 0 Å². The summed E-state index contributed by atoms with van der Waals surface area (Å²) in [4.78, 5) is 39.0. The Balaban J connectivity index is 1.28. The lowest BCUT2D eigenvalue weighted by Crippen LogP contribution is -2.63. The fourth-order valence-corrected chi connectivity index (χ4v) is 10.5. The number of fused-ring (bicyclic) bond motifs is 1. The summed E-state index contributed by atoms with van der Waals surface area (Å²) in [5.41, 5.74) is 3.36. The molecule has 3 aromatic rings. The van der Waals surface area contributed by atoms with E-state index in [4.69, 9.17) is 14.2 Å². The van der Waals surface area contributed by atoms with Gasteiger partial charge in [0, 0.05) is 49.3 Å². The highest BCUT2D eigenvalue weighted by Gasteiger charge is 2.47. The zero-order chi connectivity index (χ0) is 47.8. The number of likely N-dealkylation sites (N-methyl/N-ethyl adjacent to an activating group) is 1. The van der Waals surface area contributed by atoms with E-state index < -0.39 is 66.8 Å². The predicted octanol–water partition coefficient (Wildman–Crippen LogP) is 5.45. The van der Waals surface area contributed by atoms with Crippen molar-refractivity contribution < 1.29 is 39.1 Å². The fourth-order valence-electron chi connectivity index (χ4n) is 10.5. The van der Waals surface area contributed by atoms with E-state index >= 15 is 0 Å². The molecule has 15 heteroatoms. The van der Waals surface area contributed by atoms with E-state index in [-0.39, 0.29) is 24.0 Å². The summed E-state index contributed by atoms with van der Waals surface area (Å²) >= 11 is 0. The lowest BCUT2D eigenvalue weighted by molar-refractivity contribution is -0.304. The summed E-state index contributed by atoms with van der Waals surface area (Å²) in [6.07, 6.45) is 5.25. The third-order valence-electron chi connectivity index (χ3n) is 14.1. The van der Waals surface area contributed by atoms with Crippen LogP contribution < -0.4 is 0 Å². The minimum atomic E-state index is -1.24. The number of ether oxygens (including phenoxy) is 3. The van der Waals surface area contributed by atoms with Crippen LogP contribution in [0, 0.1) is 35.5 Å². The molecule has 6 rings (SSSR count). The molecule has 15 nitrogen and oxygen atoms in total. The Morgan fingerprint density at radius 2 is 1.68 bits per heavy atom. The first-order chi connectivity index (χ1) is 31.4. The van der Waals surface area contributed by atoms with E-state index in [1.54, 1.807) is 42.9 Å². The Kier molecular flexibility index (Phi) is 18.2. The predicted molar refractivity (Wildman–Crippen MR) is 254 cm³/mol. The Hall–Kier alpha value is -3.93. The highest BCUT2D eigenvalue weighted by atomic mass is 16.7. The topological polar surface area (TPSA) is 176 Å². The molecule has 66 heavy (non-hydrogen) atoms. The molecule has 364 valence electrons. The lowest BCUT2D eigenvalue weighted by atomic mass is 9.79. The number of allylic oxidation sites excluding steroid dienone is 3. The van der Waals surface area contributed by atoms with Crippen LogP contribution >= 0.6 is 0 Å². The van der Waals surface area contributed by atoms with E-state index in [1.165, 1.54) is 6.42 Å². The van der Waals surface area contributed by atoms with Gasteiger partial charge in [-0.1, -0.05) is 75.8 Å². The van der Waals surface area contributed by atoms with Crippen molar-refractivity contribution in [3.8, 4) is 5.69 Å². The summed E-state index contributed by atoms with van der Waals surface area (Å²) in [6.45, 7) is 17.7. The molecule has 0 spiro atoms. The first-order valence-electron chi connectivity index (χ1n) is 24.2. The van der Waals surface area contributed by atoms with Gasteiger partial charge in [-0.3, -0.25) is 14.6 Å². The zero-order valence-electron chi connectivity index (χ0n) is 40.9. The SMILES string of the molecule is CC[C@H]1OC(=O)C[C@@H](O)[C@H](C)[C@@H](O[C@@H]2O[C@H](C)[C@@H](O)[C@H](N(C)C)[C@H]2O)[C@@H](CCN(C)Cc2cn(-c3cnc4ccccc4c3)nn2)C[C@@H](C)C(=O)/C=C/C(C)=C/[C@@H]1CN1CC(C)CC(C)C1. The second kappa shape index (κ2) is 23.4. The maximum absolute atomic E-state index is 14.1. The first-order valence-corrected chi connectivity index (χ1v) is 24.2. The van der Waals surface area contributed by atoms with Crippen LogP contribution in [0.2, 0.25) is 0 Å². The number of piperidine rings is 1. The van der Waals surface area contributed by atoms with Crippen LogP contribution in [0.25, 0.3) is 16.6 Å². The number of carbonyl (C=O) groups is 2. The molecule has 0 bridgehead atoms. The van der Waals surface area contributed by atoms with Gasteiger partial charge in [0.25, 0.3) is 0 Å². The van der Waals surface area contributed by atoms with E-state index in [2.05, 4.69) is 45.0 Å². The van der Waals surface area contributed by atoms with Crippen LogP contribution in [0.1, 0.15) is 86.3 Å². The van der Waals surface area contributed by atoms with Gasteiger partial charge in [0.05, 0.1) is 66.2 Å². The Morgan fingerprint density at radius 1 is 0.955 bits per heavy atom. The normalized spacial score (nSPS) is 34.9. The van der Waals surface area contributed by atoms with Crippen molar-refractivity contribution >= 4 is 22.7 Å². The average Bonchev–Trinajstić information content (AvgIpc) is 3.73. The Morgan fingerprint density at radius 3 is 2.39 bits per heavy atom. The largest absolute Gasteiger partial charge is 0.462 e. The van der Waals surface area contributed by atoms with Crippen LogP contribution in [0.3, 0.4) is 0 Å². The second-order valence-electron chi connectivity index (χ2n) is 20.3. The van der Waals surface area contributed by atoms with Crippen LogP contribution in [0.5, 0.6) is 0 Å². The molecule has 2 aromatic heterocycles. The first kappa shape index (κ1) is 51.5. The molecule has 1 aromatic carbocycles. The monoisotopic (exact) mass is 916 g/mol. The number of pyridine rings is 1. The molecule has 0 saturated carbocycles. The highest BCUT2D eigenvalue weighted by molar-refractivity contribution is 5.91. The zero-order valence-corrected chi connectivity index (χ0v) is 40.9. The Labute approximate surface area is 392 Å². The number of esters is 1. The van der Waals surface area contributed by atoms with Gasteiger partial charge in [-0.2, -0.15) is 0 Å². The second-order valence-corrected chi connectivity index (χ2v) is 20.3. The summed E-state index contributed by atoms with van der Waals surface area (Å²) in [5, 5.41) is 44.7.